The Morgan fingerprint density at radius 1 is 1.40 bits per heavy atom. The Morgan fingerprint density at radius 2 is 1.93 bits per heavy atom. The molecule has 1 aromatic rings. The van der Waals surface area contributed by atoms with Gasteiger partial charge in [0.05, 0.1) is 6.61 Å². The molecule has 1 rings (SSSR count). The predicted molar refractivity (Wildman–Crippen MR) is 48.3 cm³/mol. The van der Waals surface area contributed by atoms with Crippen molar-refractivity contribution in [2.45, 2.75) is 25.4 Å². The molecule has 0 radical (unpaired) electrons. The summed E-state index contributed by atoms with van der Waals surface area (Å²) < 4.78 is 38.2. The standard InChI is InChI=1S/C9H13F3N2O/c1-8(2,5-15)7-4-6(9(10,11)12)13-14(7)3/h4,15H,5H2,1-3H3. The maximum absolute atomic E-state index is 12.3. The normalized spacial score (nSPS) is 13.3. The molecule has 0 bridgehead atoms. The minimum atomic E-state index is -4.44. The highest BCUT2D eigenvalue weighted by Gasteiger charge is 2.36. The molecule has 0 saturated carbocycles. The van der Waals surface area contributed by atoms with Crippen molar-refractivity contribution in [1.29, 1.82) is 0 Å². The highest BCUT2D eigenvalue weighted by Crippen LogP contribution is 2.31. The number of rotatable bonds is 2. The second-order valence-electron chi connectivity index (χ2n) is 4.08. The lowest BCUT2D eigenvalue weighted by molar-refractivity contribution is -0.141. The van der Waals surface area contributed by atoms with Crippen LogP contribution in [0.2, 0.25) is 0 Å². The fraction of sp³-hybridized carbons (Fsp3) is 0.667. The number of aliphatic hydroxyl groups excluding tert-OH is 1. The van der Waals surface area contributed by atoms with Gasteiger partial charge in [-0.25, -0.2) is 0 Å². The molecule has 0 atom stereocenters. The Labute approximate surface area is 85.5 Å². The van der Waals surface area contributed by atoms with Crippen molar-refractivity contribution in [3.63, 3.8) is 0 Å². The van der Waals surface area contributed by atoms with Crippen molar-refractivity contribution in [2.75, 3.05) is 6.61 Å². The Bertz CT molecular complexity index is 355. The lowest BCUT2D eigenvalue weighted by atomic mass is 9.90. The summed E-state index contributed by atoms with van der Waals surface area (Å²) in [7, 11) is 1.43. The summed E-state index contributed by atoms with van der Waals surface area (Å²) >= 11 is 0. The molecule has 0 fully saturated rings. The number of hydrogen-bond acceptors (Lipinski definition) is 2. The quantitative estimate of drug-likeness (QED) is 0.827. The number of aryl methyl sites for hydroxylation is 1. The van der Waals surface area contributed by atoms with Crippen LogP contribution in [0.1, 0.15) is 25.2 Å². The Balaban J connectivity index is 3.18. The van der Waals surface area contributed by atoms with Gasteiger partial charge in [0.2, 0.25) is 0 Å². The van der Waals surface area contributed by atoms with Crippen molar-refractivity contribution in [1.82, 2.24) is 9.78 Å². The third-order valence-corrected chi connectivity index (χ3v) is 2.26. The molecule has 0 aliphatic heterocycles. The molecule has 0 aromatic carbocycles. The van der Waals surface area contributed by atoms with Gasteiger partial charge in [0.25, 0.3) is 0 Å². The number of nitrogens with zero attached hydrogens (tertiary/aromatic N) is 2. The van der Waals surface area contributed by atoms with E-state index in [9.17, 15) is 13.2 Å². The largest absolute Gasteiger partial charge is 0.435 e. The zero-order valence-electron chi connectivity index (χ0n) is 8.76. The fourth-order valence-corrected chi connectivity index (χ4v) is 1.32. The Hall–Kier alpha value is -1.04. The molecule has 15 heavy (non-hydrogen) atoms. The van der Waals surface area contributed by atoms with E-state index in [4.69, 9.17) is 5.11 Å². The molecule has 86 valence electrons. The smallest absolute Gasteiger partial charge is 0.395 e. The molecule has 0 unspecified atom stereocenters. The van der Waals surface area contributed by atoms with E-state index in [0.29, 0.717) is 5.69 Å². The molecule has 0 aliphatic rings. The van der Waals surface area contributed by atoms with Crippen LogP contribution < -0.4 is 0 Å². The first-order chi connectivity index (χ1) is 6.68. The van der Waals surface area contributed by atoms with Crippen LogP contribution in [0.25, 0.3) is 0 Å². The Kier molecular flexibility index (Phi) is 2.82. The van der Waals surface area contributed by atoms with Gasteiger partial charge >= 0.3 is 6.18 Å². The Morgan fingerprint density at radius 3 is 2.27 bits per heavy atom. The van der Waals surface area contributed by atoms with E-state index in [1.54, 1.807) is 13.8 Å². The topological polar surface area (TPSA) is 38.0 Å². The van der Waals surface area contributed by atoms with Crippen molar-refractivity contribution in [3.05, 3.63) is 17.5 Å². The molecule has 0 spiro atoms. The number of aromatic nitrogens is 2. The molecule has 3 nitrogen and oxygen atoms in total. The van der Waals surface area contributed by atoms with Crippen LogP contribution in [0, 0.1) is 0 Å². The van der Waals surface area contributed by atoms with E-state index in [-0.39, 0.29) is 6.61 Å². The van der Waals surface area contributed by atoms with Gasteiger partial charge in [-0.1, -0.05) is 13.8 Å². The fourth-order valence-electron chi connectivity index (χ4n) is 1.32. The first-order valence-corrected chi connectivity index (χ1v) is 4.41. The van der Waals surface area contributed by atoms with Crippen LogP contribution in [0.4, 0.5) is 13.2 Å². The van der Waals surface area contributed by atoms with Crippen LogP contribution in [0.5, 0.6) is 0 Å². The van der Waals surface area contributed by atoms with E-state index in [1.165, 1.54) is 7.05 Å². The lowest BCUT2D eigenvalue weighted by Crippen LogP contribution is -2.25. The van der Waals surface area contributed by atoms with Crippen LogP contribution in [-0.4, -0.2) is 21.5 Å². The third-order valence-electron chi connectivity index (χ3n) is 2.26. The van der Waals surface area contributed by atoms with Crippen LogP contribution in [-0.2, 0) is 18.6 Å². The minimum absolute atomic E-state index is 0.232. The summed E-state index contributed by atoms with van der Waals surface area (Å²) in [4.78, 5) is 0. The van der Waals surface area contributed by atoms with Gasteiger partial charge in [-0.15, -0.1) is 0 Å². The summed E-state index contributed by atoms with van der Waals surface area (Å²) in [5, 5.41) is 12.4. The van der Waals surface area contributed by atoms with Crippen LogP contribution >= 0.6 is 0 Å². The van der Waals surface area contributed by atoms with Crippen LogP contribution in [0.15, 0.2) is 6.07 Å². The number of hydrogen-bond donors (Lipinski definition) is 1. The van der Waals surface area contributed by atoms with Gasteiger partial charge in [-0.3, -0.25) is 4.68 Å². The molecule has 1 N–H and O–H groups in total. The maximum Gasteiger partial charge on any atom is 0.435 e. The molecule has 0 saturated heterocycles. The molecule has 6 heteroatoms. The van der Waals surface area contributed by atoms with Crippen molar-refractivity contribution in [2.24, 2.45) is 7.05 Å². The number of alkyl halides is 3. The average Bonchev–Trinajstić information content (AvgIpc) is 2.47. The first kappa shape index (κ1) is 12.0. The zero-order valence-corrected chi connectivity index (χ0v) is 8.76. The van der Waals surface area contributed by atoms with E-state index in [1.807, 2.05) is 0 Å². The summed E-state index contributed by atoms with van der Waals surface area (Å²) in [5.74, 6) is 0. The van der Waals surface area contributed by atoms with E-state index >= 15 is 0 Å². The van der Waals surface area contributed by atoms with E-state index in [0.717, 1.165) is 10.7 Å². The molecule has 1 heterocycles. The van der Waals surface area contributed by atoms with E-state index < -0.39 is 17.3 Å². The summed E-state index contributed by atoms with van der Waals surface area (Å²) in [6.45, 7) is 3.08. The van der Waals surface area contributed by atoms with Crippen molar-refractivity contribution in [3.8, 4) is 0 Å². The van der Waals surface area contributed by atoms with Gasteiger partial charge in [-0.2, -0.15) is 18.3 Å². The molecule has 1 aromatic heterocycles. The second-order valence-corrected chi connectivity index (χ2v) is 4.08. The van der Waals surface area contributed by atoms with Gasteiger partial charge in [0.1, 0.15) is 0 Å². The highest BCUT2D eigenvalue weighted by atomic mass is 19.4. The molecule has 0 aliphatic carbocycles. The van der Waals surface area contributed by atoms with Gasteiger partial charge in [-0.05, 0) is 6.07 Å². The van der Waals surface area contributed by atoms with Gasteiger partial charge < -0.3 is 5.11 Å². The van der Waals surface area contributed by atoms with Crippen molar-refractivity contribution >= 4 is 0 Å². The predicted octanol–water partition coefficient (Wildman–Crippen LogP) is 1.71. The molecule has 0 amide bonds. The third kappa shape index (κ3) is 2.31. The average molecular weight is 222 g/mol. The minimum Gasteiger partial charge on any atom is -0.395 e. The van der Waals surface area contributed by atoms with Gasteiger partial charge in [0.15, 0.2) is 5.69 Å². The lowest BCUT2D eigenvalue weighted by Gasteiger charge is -2.21. The summed E-state index contributed by atoms with van der Waals surface area (Å²) in [5.41, 5.74) is -1.30. The molecular formula is C9H13F3N2O. The zero-order chi connectivity index (χ0) is 11.9. The number of aliphatic hydroxyl groups is 1. The number of halogens is 3. The van der Waals surface area contributed by atoms with Crippen LogP contribution in [0.3, 0.4) is 0 Å². The monoisotopic (exact) mass is 222 g/mol. The first-order valence-electron chi connectivity index (χ1n) is 4.41. The van der Waals surface area contributed by atoms with Crippen molar-refractivity contribution < 1.29 is 18.3 Å². The maximum atomic E-state index is 12.3. The van der Waals surface area contributed by atoms with E-state index in [2.05, 4.69) is 5.10 Å². The SMILES string of the molecule is Cn1nc(C(F)(F)F)cc1C(C)(C)CO. The summed E-state index contributed by atoms with van der Waals surface area (Å²) in [6.07, 6.45) is -4.44. The molecular weight excluding hydrogens is 209 g/mol. The van der Waals surface area contributed by atoms with Gasteiger partial charge in [0, 0.05) is 18.2 Å². The summed E-state index contributed by atoms with van der Waals surface area (Å²) in [6, 6.07) is 0.968. The second kappa shape index (κ2) is 3.52. The highest BCUT2D eigenvalue weighted by molar-refractivity contribution is 5.20.